The molecule has 0 aromatic heterocycles. The molecule has 0 amide bonds. The molecule has 4 nitrogen and oxygen atoms in total. The van der Waals surface area contributed by atoms with Gasteiger partial charge in [0, 0.05) is 0 Å². The van der Waals surface area contributed by atoms with Crippen LogP contribution in [0.3, 0.4) is 0 Å². The number of hydrogen-bond donors (Lipinski definition) is 2. The summed E-state index contributed by atoms with van der Waals surface area (Å²) in [5.41, 5.74) is 0.548. The topological polar surface area (TPSA) is 74.6 Å². The van der Waals surface area contributed by atoms with E-state index < -0.39 is 17.9 Å². The Morgan fingerprint density at radius 3 is 2.19 bits per heavy atom. The summed E-state index contributed by atoms with van der Waals surface area (Å²) >= 11 is 0. The quantitative estimate of drug-likeness (QED) is 0.759. The van der Waals surface area contributed by atoms with Gasteiger partial charge < -0.3 is 10.2 Å². The maximum atomic E-state index is 10.9. The molecule has 0 unspecified atom stereocenters. The molecule has 16 heavy (non-hydrogen) atoms. The molecule has 2 N–H and O–H groups in total. The standard InChI is InChI=1S/C12H12O4/c1-8(11(13)14)10(12(15)16)7-9-5-3-2-4-6-9/h2-8H,1H3,(H,13,14)(H,15,16)/b10-7-/t8-/m1/s1. The largest absolute Gasteiger partial charge is 0.481 e. The van der Waals surface area contributed by atoms with Gasteiger partial charge in [-0.2, -0.15) is 0 Å². The van der Waals surface area contributed by atoms with Crippen LogP contribution in [0, 0.1) is 5.92 Å². The summed E-state index contributed by atoms with van der Waals surface area (Å²) in [5.74, 6) is -3.39. The predicted octanol–water partition coefficient (Wildman–Crippen LogP) is 1.88. The minimum Gasteiger partial charge on any atom is -0.481 e. The first-order chi connectivity index (χ1) is 7.52. The summed E-state index contributed by atoms with van der Waals surface area (Å²) < 4.78 is 0. The van der Waals surface area contributed by atoms with Gasteiger partial charge in [-0.15, -0.1) is 0 Å². The first-order valence-corrected chi connectivity index (χ1v) is 4.75. The van der Waals surface area contributed by atoms with E-state index in [0.717, 1.165) is 0 Å². The molecule has 0 heterocycles. The maximum Gasteiger partial charge on any atom is 0.332 e. The van der Waals surface area contributed by atoms with Crippen molar-refractivity contribution in [3.8, 4) is 0 Å². The zero-order valence-electron chi connectivity index (χ0n) is 8.75. The van der Waals surface area contributed by atoms with Gasteiger partial charge in [-0.1, -0.05) is 30.3 Å². The Bertz CT molecular complexity index is 420. The number of carboxylic acid groups (broad SMARTS) is 2. The molecule has 0 aliphatic heterocycles. The van der Waals surface area contributed by atoms with Crippen LogP contribution < -0.4 is 0 Å². The third-order valence-electron chi connectivity index (χ3n) is 2.21. The van der Waals surface area contributed by atoms with Gasteiger partial charge in [0.05, 0.1) is 11.5 Å². The van der Waals surface area contributed by atoms with Gasteiger partial charge in [0.1, 0.15) is 0 Å². The van der Waals surface area contributed by atoms with Crippen molar-refractivity contribution in [2.24, 2.45) is 5.92 Å². The first kappa shape index (κ1) is 12.0. The van der Waals surface area contributed by atoms with Gasteiger partial charge in [-0.3, -0.25) is 4.79 Å². The molecule has 1 rings (SSSR count). The van der Waals surface area contributed by atoms with E-state index in [4.69, 9.17) is 10.2 Å². The van der Waals surface area contributed by atoms with E-state index in [-0.39, 0.29) is 5.57 Å². The molecule has 0 aliphatic rings. The summed E-state index contributed by atoms with van der Waals surface area (Å²) in [5, 5.41) is 17.7. The lowest BCUT2D eigenvalue weighted by Gasteiger charge is -2.07. The van der Waals surface area contributed by atoms with E-state index in [1.165, 1.54) is 13.0 Å². The molecular formula is C12H12O4. The summed E-state index contributed by atoms with van der Waals surface area (Å²) in [6.45, 7) is 1.35. The summed E-state index contributed by atoms with van der Waals surface area (Å²) in [4.78, 5) is 21.6. The van der Waals surface area contributed by atoms with Crippen LogP contribution in [0.25, 0.3) is 6.08 Å². The fraction of sp³-hybridized carbons (Fsp3) is 0.167. The van der Waals surface area contributed by atoms with Crippen molar-refractivity contribution in [2.45, 2.75) is 6.92 Å². The Labute approximate surface area is 92.8 Å². The van der Waals surface area contributed by atoms with Gasteiger partial charge in [0.25, 0.3) is 0 Å². The molecule has 0 spiro atoms. The van der Waals surface area contributed by atoms with E-state index in [9.17, 15) is 9.59 Å². The van der Waals surface area contributed by atoms with Crippen molar-refractivity contribution in [2.75, 3.05) is 0 Å². The van der Waals surface area contributed by atoms with Gasteiger partial charge in [-0.25, -0.2) is 4.79 Å². The molecule has 0 aliphatic carbocycles. The molecule has 4 heteroatoms. The van der Waals surface area contributed by atoms with Gasteiger partial charge in [-0.05, 0) is 18.6 Å². The molecule has 0 radical (unpaired) electrons. The average molecular weight is 220 g/mol. The number of benzene rings is 1. The molecular weight excluding hydrogens is 208 g/mol. The van der Waals surface area contributed by atoms with Crippen LogP contribution in [0.5, 0.6) is 0 Å². The Kier molecular flexibility index (Phi) is 3.83. The van der Waals surface area contributed by atoms with Crippen LogP contribution in [-0.2, 0) is 9.59 Å². The monoisotopic (exact) mass is 220 g/mol. The lowest BCUT2D eigenvalue weighted by molar-refractivity contribution is -0.143. The van der Waals surface area contributed by atoms with Crippen molar-refractivity contribution in [1.29, 1.82) is 0 Å². The second kappa shape index (κ2) is 5.11. The van der Waals surface area contributed by atoms with Gasteiger partial charge in [0.15, 0.2) is 0 Å². The Hall–Kier alpha value is -2.10. The van der Waals surface area contributed by atoms with Crippen LogP contribution in [0.2, 0.25) is 0 Å². The number of aliphatic carboxylic acids is 2. The molecule has 0 saturated carbocycles. The van der Waals surface area contributed by atoms with Gasteiger partial charge in [0.2, 0.25) is 0 Å². The third-order valence-corrected chi connectivity index (χ3v) is 2.21. The number of carbonyl (C=O) groups is 2. The normalized spacial score (nSPS) is 13.2. The number of carboxylic acids is 2. The number of rotatable bonds is 4. The smallest absolute Gasteiger partial charge is 0.332 e. The van der Waals surface area contributed by atoms with E-state index >= 15 is 0 Å². The molecule has 0 fully saturated rings. The second-order valence-corrected chi connectivity index (χ2v) is 3.38. The minimum atomic E-state index is -1.21. The second-order valence-electron chi connectivity index (χ2n) is 3.38. The molecule has 1 atom stereocenters. The highest BCUT2D eigenvalue weighted by molar-refractivity contribution is 5.98. The van der Waals surface area contributed by atoms with Crippen molar-refractivity contribution in [3.63, 3.8) is 0 Å². The first-order valence-electron chi connectivity index (χ1n) is 4.75. The highest BCUT2D eigenvalue weighted by atomic mass is 16.4. The summed E-state index contributed by atoms with van der Waals surface area (Å²) in [6, 6.07) is 8.76. The van der Waals surface area contributed by atoms with E-state index in [1.807, 2.05) is 0 Å². The van der Waals surface area contributed by atoms with Crippen LogP contribution >= 0.6 is 0 Å². The lowest BCUT2D eigenvalue weighted by atomic mass is 9.99. The SMILES string of the molecule is C[C@@H](C(=O)O)/C(=C/c1ccccc1)C(=O)O. The maximum absolute atomic E-state index is 10.9. The minimum absolute atomic E-state index is 0.126. The van der Waals surface area contributed by atoms with E-state index in [2.05, 4.69) is 0 Å². The molecule has 0 bridgehead atoms. The van der Waals surface area contributed by atoms with Crippen molar-refractivity contribution in [1.82, 2.24) is 0 Å². The Balaban J connectivity index is 3.08. The van der Waals surface area contributed by atoms with Crippen LogP contribution in [0.15, 0.2) is 35.9 Å². The summed E-state index contributed by atoms with van der Waals surface area (Å²) in [7, 11) is 0. The zero-order valence-corrected chi connectivity index (χ0v) is 8.75. The third kappa shape index (κ3) is 2.95. The lowest BCUT2D eigenvalue weighted by Crippen LogP contribution is -2.18. The molecule has 84 valence electrons. The predicted molar refractivity (Wildman–Crippen MR) is 58.9 cm³/mol. The van der Waals surface area contributed by atoms with Crippen LogP contribution in [0.1, 0.15) is 12.5 Å². The fourth-order valence-corrected chi connectivity index (χ4v) is 1.23. The highest BCUT2D eigenvalue weighted by Gasteiger charge is 2.22. The molecule has 0 saturated heterocycles. The summed E-state index contributed by atoms with van der Waals surface area (Å²) in [6.07, 6.45) is 1.38. The molecule has 1 aromatic rings. The van der Waals surface area contributed by atoms with Crippen molar-refractivity contribution >= 4 is 18.0 Å². The molecule has 1 aromatic carbocycles. The Morgan fingerprint density at radius 2 is 1.75 bits per heavy atom. The van der Waals surface area contributed by atoms with Crippen molar-refractivity contribution < 1.29 is 19.8 Å². The van der Waals surface area contributed by atoms with Gasteiger partial charge >= 0.3 is 11.9 Å². The average Bonchev–Trinajstić information content (AvgIpc) is 2.26. The number of hydrogen-bond acceptors (Lipinski definition) is 2. The fourth-order valence-electron chi connectivity index (χ4n) is 1.23. The van der Waals surface area contributed by atoms with E-state index in [0.29, 0.717) is 5.56 Å². The van der Waals surface area contributed by atoms with Crippen LogP contribution in [0.4, 0.5) is 0 Å². The van der Waals surface area contributed by atoms with E-state index in [1.54, 1.807) is 30.3 Å². The zero-order chi connectivity index (χ0) is 12.1. The van der Waals surface area contributed by atoms with Crippen LogP contribution in [-0.4, -0.2) is 22.2 Å². The Morgan fingerprint density at radius 1 is 1.19 bits per heavy atom. The highest BCUT2D eigenvalue weighted by Crippen LogP contribution is 2.15. The van der Waals surface area contributed by atoms with Crippen molar-refractivity contribution in [3.05, 3.63) is 41.5 Å².